The molecule has 1 atom stereocenters. The normalized spacial score (nSPS) is 12.3. The third kappa shape index (κ3) is 2.87. The number of hydrogen-bond donors (Lipinski definition) is 1. The molecule has 0 unspecified atom stereocenters. The fourth-order valence-electron chi connectivity index (χ4n) is 2.03. The van der Waals surface area contributed by atoms with Crippen molar-refractivity contribution < 1.29 is 4.79 Å². The van der Waals surface area contributed by atoms with Gasteiger partial charge < -0.3 is 5.32 Å². The lowest BCUT2D eigenvalue weighted by molar-refractivity contribution is -0.122. The number of hydrogen-bond acceptors (Lipinski definition) is 3. The first kappa shape index (κ1) is 14.2. The lowest BCUT2D eigenvalue weighted by Crippen LogP contribution is -2.38. The number of aromatic nitrogens is 2. The Hall–Kier alpha value is -2.17. The predicted molar refractivity (Wildman–Crippen MR) is 78.6 cm³/mol. The first-order valence-electron chi connectivity index (χ1n) is 6.78. The number of carbonyl (C=O) groups excluding carboxylic acids is 1. The molecule has 1 N–H and O–H groups in total. The van der Waals surface area contributed by atoms with Crippen LogP contribution in [0.3, 0.4) is 0 Å². The van der Waals surface area contributed by atoms with Crippen LogP contribution in [-0.2, 0) is 11.3 Å². The van der Waals surface area contributed by atoms with Crippen LogP contribution in [-0.4, -0.2) is 21.5 Å². The van der Waals surface area contributed by atoms with Crippen LogP contribution in [0.1, 0.15) is 26.1 Å². The maximum atomic E-state index is 12.4. The van der Waals surface area contributed by atoms with Gasteiger partial charge in [0, 0.05) is 6.04 Å². The largest absolute Gasteiger partial charge is 0.352 e. The van der Waals surface area contributed by atoms with Crippen LogP contribution in [0, 0.1) is 6.92 Å². The van der Waals surface area contributed by atoms with E-state index < -0.39 is 0 Å². The van der Waals surface area contributed by atoms with E-state index in [4.69, 9.17) is 0 Å². The van der Waals surface area contributed by atoms with Gasteiger partial charge in [0.1, 0.15) is 12.4 Å². The lowest BCUT2D eigenvalue weighted by atomic mass is 10.2. The second-order valence-corrected chi connectivity index (χ2v) is 4.94. The van der Waals surface area contributed by atoms with Gasteiger partial charge in [-0.15, -0.1) is 0 Å². The molecule has 1 aromatic heterocycles. The summed E-state index contributed by atoms with van der Waals surface area (Å²) < 4.78 is 1.42. The Morgan fingerprint density at radius 1 is 1.40 bits per heavy atom. The van der Waals surface area contributed by atoms with E-state index in [0.29, 0.717) is 16.7 Å². The highest BCUT2D eigenvalue weighted by atomic mass is 16.2. The Bertz CT molecular complexity index is 691. The third-order valence-corrected chi connectivity index (χ3v) is 3.37. The maximum Gasteiger partial charge on any atom is 0.261 e. The van der Waals surface area contributed by atoms with Crippen molar-refractivity contribution in [1.29, 1.82) is 0 Å². The monoisotopic (exact) mass is 273 g/mol. The van der Waals surface area contributed by atoms with E-state index in [2.05, 4.69) is 10.3 Å². The SMILES string of the molecule is CC[C@@H](C)NC(=O)Cn1c(C)nc2ccccc2c1=O. The summed E-state index contributed by atoms with van der Waals surface area (Å²) in [6, 6.07) is 7.27. The highest BCUT2D eigenvalue weighted by Crippen LogP contribution is 2.07. The van der Waals surface area contributed by atoms with Gasteiger partial charge in [0.25, 0.3) is 5.56 Å². The molecule has 106 valence electrons. The molecule has 0 aliphatic heterocycles. The summed E-state index contributed by atoms with van der Waals surface area (Å²) in [6.45, 7) is 5.68. The molecule has 5 nitrogen and oxygen atoms in total. The van der Waals surface area contributed by atoms with Crippen molar-refractivity contribution in [2.75, 3.05) is 0 Å². The van der Waals surface area contributed by atoms with Crippen LogP contribution < -0.4 is 10.9 Å². The zero-order valence-electron chi connectivity index (χ0n) is 12.0. The number of carbonyl (C=O) groups is 1. The van der Waals surface area contributed by atoms with E-state index in [1.54, 1.807) is 25.1 Å². The summed E-state index contributed by atoms with van der Waals surface area (Å²) in [7, 11) is 0. The molecule has 0 aliphatic rings. The van der Waals surface area contributed by atoms with Gasteiger partial charge in [-0.25, -0.2) is 4.98 Å². The van der Waals surface area contributed by atoms with Crippen molar-refractivity contribution in [1.82, 2.24) is 14.9 Å². The highest BCUT2D eigenvalue weighted by Gasteiger charge is 2.12. The Labute approximate surface area is 117 Å². The Balaban J connectivity index is 2.35. The molecule has 1 amide bonds. The van der Waals surface area contributed by atoms with Gasteiger partial charge in [-0.2, -0.15) is 0 Å². The number of benzene rings is 1. The van der Waals surface area contributed by atoms with Crippen molar-refractivity contribution in [3.8, 4) is 0 Å². The quantitative estimate of drug-likeness (QED) is 0.920. The molecule has 0 spiro atoms. The van der Waals surface area contributed by atoms with Gasteiger partial charge in [0.2, 0.25) is 5.91 Å². The van der Waals surface area contributed by atoms with Crippen LogP contribution in [0.2, 0.25) is 0 Å². The zero-order chi connectivity index (χ0) is 14.7. The number of fused-ring (bicyclic) bond motifs is 1. The first-order chi connectivity index (χ1) is 9.52. The third-order valence-electron chi connectivity index (χ3n) is 3.37. The van der Waals surface area contributed by atoms with Gasteiger partial charge in [-0.3, -0.25) is 14.2 Å². The smallest absolute Gasteiger partial charge is 0.261 e. The topological polar surface area (TPSA) is 64.0 Å². The number of nitrogens with one attached hydrogen (secondary N) is 1. The number of amides is 1. The molecule has 2 aromatic rings. The molecule has 0 saturated heterocycles. The van der Waals surface area contributed by atoms with Crippen LogP contribution in [0.4, 0.5) is 0 Å². The fraction of sp³-hybridized carbons (Fsp3) is 0.400. The van der Waals surface area contributed by atoms with E-state index in [1.165, 1.54) is 4.57 Å². The molecular weight excluding hydrogens is 254 g/mol. The molecule has 2 rings (SSSR count). The van der Waals surface area contributed by atoms with Crippen LogP contribution in [0.5, 0.6) is 0 Å². The minimum Gasteiger partial charge on any atom is -0.352 e. The summed E-state index contributed by atoms with van der Waals surface area (Å²) in [5.41, 5.74) is 0.487. The van der Waals surface area contributed by atoms with Crippen LogP contribution in [0.25, 0.3) is 10.9 Å². The zero-order valence-corrected chi connectivity index (χ0v) is 12.0. The molecule has 0 radical (unpaired) electrons. The van der Waals surface area contributed by atoms with Crippen molar-refractivity contribution in [2.45, 2.75) is 39.8 Å². The molecule has 0 saturated carbocycles. The standard InChI is InChI=1S/C15H19N3O2/c1-4-10(2)16-14(19)9-18-11(3)17-13-8-6-5-7-12(13)15(18)20/h5-8,10H,4,9H2,1-3H3,(H,16,19)/t10-/m1/s1. The molecule has 1 heterocycles. The lowest BCUT2D eigenvalue weighted by Gasteiger charge is -2.14. The minimum atomic E-state index is -0.174. The maximum absolute atomic E-state index is 12.4. The second-order valence-electron chi connectivity index (χ2n) is 4.94. The van der Waals surface area contributed by atoms with E-state index >= 15 is 0 Å². The molecule has 5 heteroatoms. The number of aryl methyl sites for hydroxylation is 1. The summed E-state index contributed by atoms with van der Waals surface area (Å²) in [5.74, 6) is 0.384. The molecular formula is C15H19N3O2. The summed E-state index contributed by atoms with van der Waals surface area (Å²) in [4.78, 5) is 28.7. The Kier molecular flexibility index (Phi) is 4.17. The van der Waals surface area contributed by atoms with Crippen molar-refractivity contribution >= 4 is 16.8 Å². The average Bonchev–Trinajstić information content (AvgIpc) is 2.43. The number of rotatable bonds is 4. The summed E-state index contributed by atoms with van der Waals surface area (Å²) >= 11 is 0. The van der Waals surface area contributed by atoms with Crippen molar-refractivity contribution in [3.05, 3.63) is 40.4 Å². The van der Waals surface area contributed by atoms with Gasteiger partial charge in [-0.05, 0) is 32.4 Å². The van der Waals surface area contributed by atoms with E-state index in [1.807, 2.05) is 19.9 Å². The van der Waals surface area contributed by atoms with E-state index in [-0.39, 0.29) is 24.1 Å². The number of para-hydroxylation sites is 1. The molecule has 0 fully saturated rings. The van der Waals surface area contributed by atoms with Crippen LogP contribution in [0.15, 0.2) is 29.1 Å². The molecule has 0 aliphatic carbocycles. The van der Waals surface area contributed by atoms with Gasteiger partial charge in [-0.1, -0.05) is 19.1 Å². The van der Waals surface area contributed by atoms with Crippen LogP contribution >= 0.6 is 0 Å². The Morgan fingerprint density at radius 2 is 2.10 bits per heavy atom. The average molecular weight is 273 g/mol. The fourth-order valence-corrected chi connectivity index (χ4v) is 2.03. The minimum absolute atomic E-state index is 0.00679. The van der Waals surface area contributed by atoms with E-state index in [9.17, 15) is 9.59 Å². The summed E-state index contributed by atoms with van der Waals surface area (Å²) in [6.07, 6.45) is 0.857. The Morgan fingerprint density at radius 3 is 2.80 bits per heavy atom. The second kappa shape index (κ2) is 5.86. The summed E-state index contributed by atoms with van der Waals surface area (Å²) in [5, 5.41) is 3.39. The van der Waals surface area contributed by atoms with Crippen molar-refractivity contribution in [2.24, 2.45) is 0 Å². The number of nitrogens with zero attached hydrogens (tertiary/aromatic N) is 2. The first-order valence-corrected chi connectivity index (χ1v) is 6.78. The van der Waals surface area contributed by atoms with Gasteiger partial charge in [0.15, 0.2) is 0 Å². The van der Waals surface area contributed by atoms with Gasteiger partial charge in [0.05, 0.1) is 10.9 Å². The molecule has 20 heavy (non-hydrogen) atoms. The molecule has 1 aromatic carbocycles. The van der Waals surface area contributed by atoms with Crippen molar-refractivity contribution in [3.63, 3.8) is 0 Å². The van der Waals surface area contributed by atoms with E-state index in [0.717, 1.165) is 6.42 Å². The predicted octanol–water partition coefficient (Wildman–Crippen LogP) is 1.62. The van der Waals surface area contributed by atoms with Gasteiger partial charge >= 0.3 is 0 Å². The molecule has 0 bridgehead atoms. The highest BCUT2D eigenvalue weighted by molar-refractivity contribution is 5.79.